The van der Waals surface area contributed by atoms with Crippen LogP contribution < -0.4 is 9.64 Å². The van der Waals surface area contributed by atoms with Gasteiger partial charge in [0.1, 0.15) is 11.4 Å². The van der Waals surface area contributed by atoms with E-state index in [-0.39, 0.29) is 5.69 Å². The van der Waals surface area contributed by atoms with Crippen LogP contribution in [0.3, 0.4) is 0 Å². The van der Waals surface area contributed by atoms with Crippen LogP contribution in [0, 0.1) is 5.92 Å². The number of aromatic nitrogens is 2. The fourth-order valence-corrected chi connectivity index (χ4v) is 4.59. The highest BCUT2D eigenvalue weighted by Gasteiger charge is 2.34. The average molecular weight is 422 g/mol. The largest absolute Gasteiger partial charge is 0.492 e. The Kier molecular flexibility index (Phi) is 5.46. The number of anilines is 1. The number of hydrogen-bond acceptors (Lipinski definition) is 8. The predicted molar refractivity (Wildman–Crippen MR) is 115 cm³/mol. The number of methoxy groups -OCH3 is 1. The molecule has 0 amide bonds. The molecule has 2 atom stereocenters. The van der Waals surface area contributed by atoms with Gasteiger partial charge in [0.15, 0.2) is 11.4 Å². The molecule has 31 heavy (non-hydrogen) atoms. The molecule has 2 aliphatic heterocycles. The summed E-state index contributed by atoms with van der Waals surface area (Å²) in [5.74, 6) is 1.68. The van der Waals surface area contributed by atoms with E-state index in [1.54, 1.807) is 18.3 Å². The van der Waals surface area contributed by atoms with Crippen LogP contribution in [-0.4, -0.2) is 66.9 Å². The van der Waals surface area contributed by atoms with Crippen LogP contribution in [0.5, 0.6) is 5.75 Å². The van der Waals surface area contributed by atoms with Crippen LogP contribution in [0.15, 0.2) is 47.1 Å². The fourth-order valence-electron chi connectivity index (χ4n) is 4.59. The van der Waals surface area contributed by atoms with E-state index in [9.17, 15) is 4.79 Å². The monoisotopic (exact) mass is 422 g/mol. The Balaban J connectivity index is 1.15. The molecular formula is C23H26N4O4. The third-order valence-electron chi connectivity index (χ3n) is 6.28. The Morgan fingerprint density at radius 3 is 2.90 bits per heavy atom. The van der Waals surface area contributed by atoms with Crippen molar-refractivity contribution in [3.63, 3.8) is 0 Å². The van der Waals surface area contributed by atoms with Crippen molar-refractivity contribution in [3.05, 3.63) is 48.3 Å². The Morgan fingerprint density at radius 1 is 1.16 bits per heavy atom. The first-order valence-electron chi connectivity index (χ1n) is 10.7. The van der Waals surface area contributed by atoms with Crippen molar-refractivity contribution in [1.29, 1.82) is 0 Å². The van der Waals surface area contributed by atoms with E-state index in [0.29, 0.717) is 24.3 Å². The summed E-state index contributed by atoms with van der Waals surface area (Å²) < 4.78 is 16.1. The molecule has 8 nitrogen and oxygen atoms in total. The zero-order valence-electron chi connectivity index (χ0n) is 17.6. The third kappa shape index (κ3) is 4.07. The van der Waals surface area contributed by atoms with Gasteiger partial charge in [0.25, 0.3) is 0 Å². The molecule has 0 N–H and O–H groups in total. The Bertz CT molecular complexity index is 1050. The Labute approximate surface area is 180 Å². The smallest absolute Gasteiger partial charge is 0.356 e. The number of nitrogens with zero attached hydrogens (tertiary/aromatic N) is 4. The van der Waals surface area contributed by atoms with E-state index in [4.69, 9.17) is 9.26 Å². The second kappa shape index (κ2) is 8.55. The Morgan fingerprint density at radius 2 is 2.06 bits per heavy atom. The van der Waals surface area contributed by atoms with Crippen molar-refractivity contribution in [2.24, 2.45) is 5.92 Å². The quantitative estimate of drug-likeness (QED) is 0.581. The highest BCUT2D eigenvalue weighted by molar-refractivity contribution is 5.88. The highest BCUT2D eigenvalue weighted by Crippen LogP contribution is 2.31. The minimum atomic E-state index is -0.442. The van der Waals surface area contributed by atoms with Crippen LogP contribution >= 0.6 is 0 Å². The van der Waals surface area contributed by atoms with Crippen molar-refractivity contribution in [2.75, 3.05) is 44.8 Å². The molecule has 2 fully saturated rings. The summed E-state index contributed by atoms with van der Waals surface area (Å²) in [6.07, 6.45) is 3.85. The molecule has 0 unspecified atom stereocenters. The molecule has 2 aromatic heterocycles. The summed E-state index contributed by atoms with van der Waals surface area (Å²) in [7, 11) is 1.35. The zero-order valence-corrected chi connectivity index (χ0v) is 17.6. The number of para-hydroxylation sites is 1. The van der Waals surface area contributed by atoms with Gasteiger partial charge in [-0.15, -0.1) is 0 Å². The van der Waals surface area contributed by atoms with E-state index in [1.165, 1.54) is 7.11 Å². The maximum absolute atomic E-state index is 11.5. The number of fused-ring (bicyclic) bond motifs is 2. The number of esters is 1. The molecule has 162 valence electrons. The lowest BCUT2D eigenvalue weighted by atomic mass is 9.91. The number of ether oxygens (including phenoxy) is 2. The standard InChI is InChI=1S/C23H26N4O4/c1-29-23(28)20-9-8-18(12-24-20)30-15-16-6-7-17-14-27(11-10-26(17)13-16)22-19-4-2-3-5-21(19)31-25-22/h2-5,8-9,12,16-17H,6-7,10-11,13-15H2,1H3/t16-,17-/m1/s1. The van der Waals surface area contributed by atoms with Crippen LogP contribution in [0.1, 0.15) is 23.3 Å². The van der Waals surface area contributed by atoms with Crippen LogP contribution in [0.2, 0.25) is 0 Å². The first-order chi connectivity index (χ1) is 15.2. The number of carbonyl (C=O) groups is 1. The molecule has 0 radical (unpaired) electrons. The van der Waals surface area contributed by atoms with E-state index in [2.05, 4.69) is 30.7 Å². The number of piperidine rings is 1. The fraction of sp³-hybridized carbons (Fsp3) is 0.435. The van der Waals surface area contributed by atoms with Gasteiger partial charge in [-0.3, -0.25) is 4.90 Å². The maximum atomic E-state index is 11.5. The van der Waals surface area contributed by atoms with Gasteiger partial charge in [-0.05, 0) is 37.1 Å². The van der Waals surface area contributed by atoms with Gasteiger partial charge in [-0.2, -0.15) is 0 Å². The lowest BCUT2D eigenvalue weighted by Gasteiger charge is -2.46. The van der Waals surface area contributed by atoms with Crippen molar-refractivity contribution in [3.8, 4) is 5.75 Å². The number of rotatable bonds is 5. The van der Waals surface area contributed by atoms with Gasteiger partial charge in [-0.25, -0.2) is 9.78 Å². The lowest BCUT2D eigenvalue weighted by molar-refractivity contribution is 0.0593. The number of pyridine rings is 1. The van der Waals surface area contributed by atoms with Crippen molar-refractivity contribution in [1.82, 2.24) is 15.0 Å². The summed E-state index contributed by atoms with van der Waals surface area (Å²) in [5, 5.41) is 5.42. The topological polar surface area (TPSA) is 80.9 Å². The number of hydrogen-bond donors (Lipinski definition) is 0. The average Bonchev–Trinajstić information content (AvgIpc) is 3.26. The molecule has 0 aliphatic carbocycles. The van der Waals surface area contributed by atoms with Gasteiger partial charge >= 0.3 is 5.97 Å². The van der Waals surface area contributed by atoms with E-state index < -0.39 is 5.97 Å². The van der Waals surface area contributed by atoms with Gasteiger partial charge in [0, 0.05) is 38.1 Å². The number of carbonyl (C=O) groups excluding carboxylic acids is 1. The SMILES string of the molecule is COC(=O)c1ccc(OC[C@@H]2CC[C@@H]3CN(c4noc5ccccc45)CCN3C2)cn1. The predicted octanol–water partition coefficient (Wildman–Crippen LogP) is 2.99. The minimum Gasteiger partial charge on any atom is -0.492 e. The van der Waals surface area contributed by atoms with E-state index in [0.717, 1.165) is 55.8 Å². The molecule has 3 aromatic rings. The highest BCUT2D eigenvalue weighted by atomic mass is 16.5. The van der Waals surface area contributed by atoms with Gasteiger partial charge in [-0.1, -0.05) is 17.3 Å². The van der Waals surface area contributed by atoms with Crippen molar-refractivity contribution in [2.45, 2.75) is 18.9 Å². The number of benzene rings is 1. The van der Waals surface area contributed by atoms with E-state index >= 15 is 0 Å². The first-order valence-corrected chi connectivity index (χ1v) is 10.7. The first kappa shape index (κ1) is 19.8. The van der Waals surface area contributed by atoms with Crippen LogP contribution in [0.4, 0.5) is 5.82 Å². The molecule has 0 spiro atoms. The number of piperazine rings is 1. The summed E-state index contributed by atoms with van der Waals surface area (Å²) in [4.78, 5) is 20.5. The lowest BCUT2D eigenvalue weighted by Crippen LogP contribution is -2.57. The molecule has 0 bridgehead atoms. The molecule has 8 heteroatoms. The van der Waals surface area contributed by atoms with Crippen LogP contribution in [-0.2, 0) is 4.74 Å². The molecule has 0 saturated carbocycles. The zero-order chi connectivity index (χ0) is 21.2. The second-order valence-electron chi connectivity index (χ2n) is 8.22. The molecule has 5 rings (SSSR count). The Hall–Kier alpha value is -3.13. The van der Waals surface area contributed by atoms with Gasteiger partial charge < -0.3 is 18.9 Å². The molecule has 2 aliphatic rings. The third-order valence-corrected chi connectivity index (χ3v) is 6.28. The van der Waals surface area contributed by atoms with Crippen molar-refractivity contribution < 1.29 is 18.8 Å². The van der Waals surface area contributed by atoms with Crippen molar-refractivity contribution >= 4 is 22.8 Å². The summed E-state index contributed by atoms with van der Waals surface area (Å²) in [6.45, 7) is 4.62. The normalized spacial score (nSPS) is 21.6. The van der Waals surface area contributed by atoms with Gasteiger partial charge in [0.2, 0.25) is 0 Å². The minimum absolute atomic E-state index is 0.285. The summed E-state index contributed by atoms with van der Waals surface area (Å²) in [5.41, 5.74) is 1.13. The molecule has 4 heterocycles. The molecule has 1 aromatic carbocycles. The van der Waals surface area contributed by atoms with Crippen LogP contribution in [0.25, 0.3) is 11.0 Å². The summed E-state index contributed by atoms with van der Waals surface area (Å²) in [6, 6.07) is 12.0. The van der Waals surface area contributed by atoms with E-state index in [1.807, 2.05) is 18.2 Å². The van der Waals surface area contributed by atoms with Gasteiger partial charge in [0.05, 0.1) is 25.3 Å². The molecule has 2 saturated heterocycles. The second-order valence-corrected chi connectivity index (χ2v) is 8.22. The molecular weight excluding hydrogens is 396 g/mol. The maximum Gasteiger partial charge on any atom is 0.356 e. The summed E-state index contributed by atoms with van der Waals surface area (Å²) >= 11 is 0.